The molecule has 2 aliphatic rings. The third-order valence-electron chi connectivity index (χ3n) is 4.43. The maximum atomic E-state index is 11.6. The molecule has 136 valence electrons. The van der Waals surface area contributed by atoms with E-state index in [1.807, 2.05) is 4.90 Å². The molecular weight excluding hydrogens is 362 g/mol. The van der Waals surface area contributed by atoms with Gasteiger partial charge in [0.2, 0.25) is 0 Å². The fourth-order valence-electron chi connectivity index (χ4n) is 3.11. The first-order chi connectivity index (χ1) is 12.0. The highest BCUT2D eigenvalue weighted by Gasteiger charge is 2.33. The Morgan fingerprint density at radius 1 is 1.48 bits per heavy atom. The van der Waals surface area contributed by atoms with Gasteiger partial charge in [0.25, 0.3) is 5.56 Å². The second-order valence-corrected chi connectivity index (χ2v) is 7.00. The van der Waals surface area contributed by atoms with Crippen molar-refractivity contribution in [3.05, 3.63) is 44.4 Å². The molecule has 1 aromatic heterocycles. The predicted molar refractivity (Wildman–Crippen MR) is 101 cm³/mol. The van der Waals surface area contributed by atoms with Crippen LogP contribution in [-0.4, -0.2) is 45.4 Å². The van der Waals surface area contributed by atoms with Crippen LogP contribution < -0.4 is 22.0 Å². The topological polar surface area (TPSA) is 107 Å². The smallest absolute Gasteiger partial charge is 0.285 e. The van der Waals surface area contributed by atoms with Crippen LogP contribution in [0.1, 0.15) is 19.8 Å². The van der Waals surface area contributed by atoms with E-state index in [2.05, 4.69) is 27.7 Å². The number of rotatable bonds is 6. The standard InChI is InChI=1S/C15H22ClN7OS/c1-3-10-13(23(10)25-2)8-22(18)11-4-5-21(7-9(11)17)12-6-19-20-15(24)14(12)16/h6H,3-5,7-8,17-18H2,1-2H3,(H,20,24). The predicted octanol–water partition coefficient (Wildman–Crippen LogP) is 1.19. The number of nitrogens with one attached hydrogen (secondary N) is 1. The molecule has 3 heterocycles. The van der Waals surface area contributed by atoms with Crippen LogP contribution in [0.3, 0.4) is 0 Å². The minimum absolute atomic E-state index is 0.127. The van der Waals surface area contributed by atoms with Crippen LogP contribution in [0.5, 0.6) is 0 Å². The zero-order chi connectivity index (χ0) is 18.1. The van der Waals surface area contributed by atoms with Crippen LogP contribution in [-0.2, 0) is 0 Å². The molecule has 0 aromatic carbocycles. The minimum atomic E-state index is -0.405. The Labute approximate surface area is 155 Å². The normalized spacial score (nSPS) is 17.4. The molecule has 1 aromatic rings. The molecule has 0 bridgehead atoms. The van der Waals surface area contributed by atoms with E-state index in [0.29, 0.717) is 37.4 Å². The Morgan fingerprint density at radius 2 is 2.24 bits per heavy atom. The molecule has 8 nitrogen and oxygen atoms in total. The number of H-pyrrole nitrogens is 1. The zero-order valence-corrected chi connectivity index (χ0v) is 15.8. The van der Waals surface area contributed by atoms with Crippen molar-refractivity contribution < 1.29 is 0 Å². The van der Waals surface area contributed by atoms with Crippen molar-refractivity contribution in [1.82, 2.24) is 19.5 Å². The summed E-state index contributed by atoms with van der Waals surface area (Å²) in [6, 6.07) is 0. The van der Waals surface area contributed by atoms with Crippen LogP contribution in [0.4, 0.5) is 5.69 Å². The number of hydrazine groups is 1. The van der Waals surface area contributed by atoms with Gasteiger partial charge in [-0.2, -0.15) is 5.10 Å². The average molecular weight is 384 g/mol. The van der Waals surface area contributed by atoms with Crippen LogP contribution in [0.2, 0.25) is 5.02 Å². The number of anilines is 1. The number of hydrogen-bond acceptors (Lipinski definition) is 8. The Bertz CT molecular complexity index is 790. The van der Waals surface area contributed by atoms with Gasteiger partial charge in [-0.3, -0.25) is 9.10 Å². The van der Waals surface area contributed by atoms with E-state index in [1.165, 1.54) is 11.4 Å². The molecule has 3 rings (SSSR count). The lowest BCUT2D eigenvalue weighted by atomic mass is 10.1. The summed E-state index contributed by atoms with van der Waals surface area (Å²) in [5.74, 6) is 6.27. The maximum absolute atomic E-state index is 11.6. The van der Waals surface area contributed by atoms with E-state index in [0.717, 1.165) is 12.1 Å². The van der Waals surface area contributed by atoms with E-state index in [9.17, 15) is 4.79 Å². The van der Waals surface area contributed by atoms with E-state index < -0.39 is 5.56 Å². The molecule has 0 saturated carbocycles. The fourth-order valence-corrected chi connectivity index (χ4v) is 4.11. The molecule has 0 amide bonds. The highest BCUT2D eigenvalue weighted by Crippen LogP contribution is 2.41. The fraction of sp³-hybridized carbons (Fsp3) is 0.467. The summed E-state index contributed by atoms with van der Waals surface area (Å²) in [4.78, 5) is 13.6. The summed E-state index contributed by atoms with van der Waals surface area (Å²) in [5.41, 5.74) is 10.6. The molecule has 5 N–H and O–H groups in total. The Morgan fingerprint density at radius 3 is 2.84 bits per heavy atom. The average Bonchev–Trinajstić information content (AvgIpc) is 3.28. The highest BCUT2D eigenvalue weighted by atomic mass is 35.5. The number of halogens is 1. The van der Waals surface area contributed by atoms with Gasteiger partial charge in [0.05, 0.1) is 42.1 Å². The Hall–Kier alpha value is -1.84. The third kappa shape index (κ3) is 3.44. The first kappa shape index (κ1) is 18.0. The molecule has 2 aliphatic heterocycles. The number of hydrogen-bond donors (Lipinski definition) is 3. The van der Waals surface area contributed by atoms with E-state index in [4.69, 9.17) is 23.2 Å². The molecular formula is C15H22ClN7OS. The van der Waals surface area contributed by atoms with Crippen molar-refractivity contribution in [3.63, 3.8) is 0 Å². The monoisotopic (exact) mass is 383 g/mol. The summed E-state index contributed by atoms with van der Waals surface area (Å²) >= 11 is 7.77. The summed E-state index contributed by atoms with van der Waals surface area (Å²) in [7, 11) is 0. The van der Waals surface area contributed by atoms with Crippen molar-refractivity contribution >= 4 is 29.2 Å². The van der Waals surface area contributed by atoms with E-state index in [-0.39, 0.29) is 5.02 Å². The van der Waals surface area contributed by atoms with Gasteiger partial charge in [0.1, 0.15) is 5.02 Å². The van der Waals surface area contributed by atoms with Gasteiger partial charge in [-0.05, 0) is 18.4 Å². The summed E-state index contributed by atoms with van der Waals surface area (Å²) in [6.07, 6.45) is 5.27. The molecule has 0 fully saturated rings. The summed E-state index contributed by atoms with van der Waals surface area (Å²) in [6.45, 7) is 3.91. The zero-order valence-electron chi connectivity index (χ0n) is 14.3. The lowest BCUT2D eigenvalue weighted by molar-refractivity contribution is 0.360. The van der Waals surface area contributed by atoms with Crippen molar-refractivity contribution in [2.24, 2.45) is 11.6 Å². The number of aromatic amines is 1. The summed E-state index contributed by atoms with van der Waals surface area (Å²) in [5, 5.41) is 7.99. The van der Waals surface area contributed by atoms with Gasteiger partial charge < -0.3 is 15.6 Å². The van der Waals surface area contributed by atoms with Gasteiger partial charge in [-0.15, -0.1) is 0 Å². The Balaban J connectivity index is 1.72. The number of aromatic nitrogens is 2. The van der Waals surface area contributed by atoms with Gasteiger partial charge >= 0.3 is 0 Å². The van der Waals surface area contributed by atoms with Gasteiger partial charge in [0.15, 0.2) is 0 Å². The van der Waals surface area contributed by atoms with Crippen molar-refractivity contribution in [2.45, 2.75) is 19.8 Å². The molecule has 0 unspecified atom stereocenters. The molecule has 0 spiro atoms. The lowest BCUT2D eigenvalue weighted by Gasteiger charge is -2.34. The molecule has 0 atom stereocenters. The first-order valence-electron chi connectivity index (χ1n) is 8.02. The number of nitrogens with zero attached hydrogens (tertiary/aromatic N) is 4. The second-order valence-electron chi connectivity index (χ2n) is 5.89. The minimum Gasteiger partial charge on any atom is -0.399 e. The Kier molecular flexibility index (Phi) is 5.16. The van der Waals surface area contributed by atoms with Gasteiger partial charge in [-0.25, -0.2) is 10.9 Å². The maximum Gasteiger partial charge on any atom is 0.285 e. The van der Waals surface area contributed by atoms with Crippen LogP contribution in [0.15, 0.2) is 33.8 Å². The largest absolute Gasteiger partial charge is 0.399 e. The SMILES string of the molecule is CCC1=C(CN(N)C2=C(N)CN(c3cn[nH]c(=O)c3Cl)CC2)N1SC. The molecule has 0 radical (unpaired) electrons. The molecule has 0 aliphatic carbocycles. The third-order valence-corrected chi connectivity index (χ3v) is 5.60. The number of allylic oxidation sites excluding steroid dienone is 1. The number of nitrogens with two attached hydrogens (primary N) is 2. The van der Waals surface area contributed by atoms with E-state index >= 15 is 0 Å². The van der Waals surface area contributed by atoms with Crippen molar-refractivity contribution in [3.8, 4) is 0 Å². The quantitative estimate of drug-likeness (QED) is 0.382. The molecule has 25 heavy (non-hydrogen) atoms. The highest BCUT2D eigenvalue weighted by molar-refractivity contribution is 7.96. The second kappa shape index (κ2) is 7.19. The molecule has 0 saturated heterocycles. The van der Waals surface area contributed by atoms with Gasteiger partial charge in [0, 0.05) is 24.9 Å². The van der Waals surface area contributed by atoms with Crippen molar-refractivity contribution in [2.75, 3.05) is 30.8 Å². The van der Waals surface area contributed by atoms with Crippen LogP contribution >= 0.6 is 23.5 Å². The first-order valence-corrected chi connectivity index (χ1v) is 9.58. The van der Waals surface area contributed by atoms with Crippen LogP contribution in [0.25, 0.3) is 0 Å². The van der Waals surface area contributed by atoms with Gasteiger partial charge in [-0.1, -0.05) is 18.5 Å². The molecule has 10 heteroatoms. The van der Waals surface area contributed by atoms with E-state index in [1.54, 1.807) is 23.2 Å². The van der Waals surface area contributed by atoms with Crippen molar-refractivity contribution in [1.29, 1.82) is 0 Å². The van der Waals surface area contributed by atoms with Crippen LogP contribution in [0, 0.1) is 0 Å². The summed E-state index contributed by atoms with van der Waals surface area (Å²) < 4.78 is 2.20. The lowest BCUT2D eigenvalue weighted by Crippen LogP contribution is -2.42.